The van der Waals surface area contributed by atoms with Crippen LogP contribution in [0.5, 0.6) is 5.75 Å². The molecule has 0 unspecified atom stereocenters. The molecule has 0 aliphatic rings. The van der Waals surface area contributed by atoms with E-state index in [1.165, 1.54) is 0 Å². The van der Waals surface area contributed by atoms with Crippen LogP contribution in [-0.2, 0) is 11.3 Å². The first kappa shape index (κ1) is 11.7. The van der Waals surface area contributed by atoms with Crippen molar-refractivity contribution in [3.05, 3.63) is 36.9 Å². The summed E-state index contributed by atoms with van der Waals surface area (Å²) < 4.78 is 5.61. The van der Waals surface area contributed by atoms with Gasteiger partial charge in [0.15, 0.2) is 5.75 Å². The van der Waals surface area contributed by atoms with Crippen molar-refractivity contribution in [1.29, 1.82) is 0 Å². The van der Waals surface area contributed by atoms with Crippen LogP contribution in [0.2, 0.25) is 0 Å². The lowest BCUT2D eigenvalue weighted by Gasteiger charge is -1.94. The first-order chi connectivity index (χ1) is 6.56. The average Bonchev–Trinajstić information content (AvgIpc) is 2.21. The summed E-state index contributed by atoms with van der Waals surface area (Å²) in [6, 6.07) is 3.27. The topological polar surface area (TPSA) is 46.5 Å². The standard InChI is InChI=1S/C9H8Br2O3/c1-14-4-5-2-6(10)8(12)9(13)7(11)3-5/h2-3H,4H2,1H3,(H,12,13). The molecule has 0 fully saturated rings. The third kappa shape index (κ3) is 2.56. The zero-order valence-corrected chi connectivity index (χ0v) is 10.6. The van der Waals surface area contributed by atoms with E-state index >= 15 is 0 Å². The lowest BCUT2D eigenvalue weighted by Crippen LogP contribution is -1.96. The number of rotatable bonds is 2. The summed E-state index contributed by atoms with van der Waals surface area (Å²) in [4.78, 5) is 11.4. The molecule has 0 amide bonds. The molecule has 1 aromatic rings. The number of ether oxygens (including phenoxy) is 1. The molecule has 1 rings (SSSR count). The van der Waals surface area contributed by atoms with Gasteiger partial charge in [-0.15, -0.1) is 0 Å². The maximum atomic E-state index is 11.4. The largest absolute Gasteiger partial charge is 0.503 e. The van der Waals surface area contributed by atoms with E-state index in [1.54, 1.807) is 19.2 Å². The van der Waals surface area contributed by atoms with E-state index in [0.717, 1.165) is 5.56 Å². The van der Waals surface area contributed by atoms with Gasteiger partial charge in [0.1, 0.15) is 0 Å². The zero-order valence-electron chi connectivity index (χ0n) is 7.38. The maximum Gasteiger partial charge on any atom is 0.235 e. The number of methoxy groups -OCH3 is 1. The van der Waals surface area contributed by atoms with Crippen LogP contribution in [-0.4, -0.2) is 12.2 Å². The van der Waals surface area contributed by atoms with Gasteiger partial charge >= 0.3 is 0 Å². The summed E-state index contributed by atoms with van der Waals surface area (Å²) >= 11 is 6.19. The van der Waals surface area contributed by atoms with Crippen molar-refractivity contribution in [2.45, 2.75) is 6.61 Å². The molecular weight excluding hydrogens is 316 g/mol. The minimum atomic E-state index is -0.445. The van der Waals surface area contributed by atoms with E-state index in [0.29, 0.717) is 15.6 Å². The fourth-order valence-electron chi connectivity index (χ4n) is 0.973. The van der Waals surface area contributed by atoms with Crippen LogP contribution >= 0.6 is 31.9 Å². The minimum absolute atomic E-state index is 0.306. The summed E-state index contributed by atoms with van der Waals surface area (Å²) in [5, 5.41) is 9.41. The first-order valence-electron chi connectivity index (χ1n) is 3.76. The van der Waals surface area contributed by atoms with Gasteiger partial charge in [0, 0.05) is 7.11 Å². The molecule has 1 N–H and O–H groups in total. The number of halogens is 2. The molecule has 3 nitrogen and oxygen atoms in total. The lowest BCUT2D eigenvalue weighted by atomic mass is 10.3. The second-order valence-electron chi connectivity index (χ2n) is 2.67. The average molecular weight is 324 g/mol. The van der Waals surface area contributed by atoms with Gasteiger partial charge in [0.05, 0.1) is 15.6 Å². The summed E-state index contributed by atoms with van der Waals surface area (Å²) in [7, 11) is 1.56. The molecule has 0 bridgehead atoms. The summed E-state index contributed by atoms with van der Waals surface area (Å²) in [5.41, 5.74) is 0.350. The van der Waals surface area contributed by atoms with Gasteiger partial charge in [-0.3, -0.25) is 4.79 Å². The third-order valence-corrected chi connectivity index (χ3v) is 2.79. The van der Waals surface area contributed by atoms with Crippen molar-refractivity contribution in [3.63, 3.8) is 0 Å². The molecular formula is C9H8Br2O3. The Morgan fingerprint density at radius 3 is 2.50 bits per heavy atom. The second-order valence-corrected chi connectivity index (χ2v) is 4.38. The van der Waals surface area contributed by atoms with Gasteiger partial charge in [0.25, 0.3) is 0 Å². The quantitative estimate of drug-likeness (QED) is 0.909. The van der Waals surface area contributed by atoms with Gasteiger partial charge in [-0.2, -0.15) is 0 Å². The summed E-state index contributed by atoms with van der Waals surface area (Å²) in [5.74, 6) is -0.306. The number of hydrogen-bond acceptors (Lipinski definition) is 3. The number of aromatic hydroxyl groups is 1. The van der Waals surface area contributed by atoms with E-state index in [4.69, 9.17) is 4.74 Å². The van der Waals surface area contributed by atoms with Crippen LogP contribution in [0.25, 0.3) is 0 Å². The van der Waals surface area contributed by atoms with Gasteiger partial charge in [-0.25, -0.2) is 0 Å². The van der Waals surface area contributed by atoms with E-state index < -0.39 is 5.43 Å². The van der Waals surface area contributed by atoms with Crippen LogP contribution in [0, 0.1) is 0 Å². The van der Waals surface area contributed by atoms with Gasteiger partial charge in [0.2, 0.25) is 5.43 Å². The van der Waals surface area contributed by atoms with Crippen molar-refractivity contribution in [3.8, 4) is 5.75 Å². The van der Waals surface area contributed by atoms with E-state index in [9.17, 15) is 9.90 Å². The summed E-state index contributed by atoms with van der Waals surface area (Å²) in [6.07, 6.45) is 0. The molecule has 0 aromatic heterocycles. The highest BCUT2D eigenvalue weighted by molar-refractivity contribution is 9.11. The molecule has 5 heteroatoms. The van der Waals surface area contributed by atoms with Crippen molar-refractivity contribution < 1.29 is 9.84 Å². The molecule has 0 aliphatic heterocycles. The van der Waals surface area contributed by atoms with Crippen molar-refractivity contribution in [2.75, 3.05) is 7.11 Å². The molecule has 0 saturated heterocycles. The highest BCUT2D eigenvalue weighted by Gasteiger charge is 2.06. The predicted octanol–water partition coefficient (Wildman–Crippen LogP) is 2.42. The van der Waals surface area contributed by atoms with Crippen LogP contribution < -0.4 is 5.43 Å². The van der Waals surface area contributed by atoms with Gasteiger partial charge in [-0.05, 0) is 49.6 Å². The molecule has 0 aliphatic carbocycles. The smallest absolute Gasteiger partial charge is 0.235 e. The summed E-state index contributed by atoms with van der Waals surface area (Å²) in [6.45, 7) is 0.380. The SMILES string of the molecule is COCc1cc(Br)c(O)c(=O)c(Br)c1. The Hall–Kier alpha value is -0.390. The van der Waals surface area contributed by atoms with E-state index in [1.807, 2.05) is 0 Å². The zero-order chi connectivity index (χ0) is 10.7. The van der Waals surface area contributed by atoms with E-state index in [-0.39, 0.29) is 5.75 Å². The Morgan fingerprint density at radius 1 is 1.36 bits per heavy atom. The molecule has 14 heavy (non-hydrogen) atoms. The number of hydrogen-bond donors (Lipinski definition) is 1. The molecule has 0 atom stereocenters. The Balaban J connectivity index is 3.43. The monoisotopic (exact) mass is 322 g/mol. The maximum absolute atomic E-state index is 11.4. The van der Waals surface area contributed by atoms with Gasteiger partial charge in [-0.1, -0.05) is 0 Å². The second kappa shape index (κ2) is 4.91. The highest BCUT2D eigenvalue weighted by Crippen LogP contribution is 2.22. The van der Waals surface area contributed by atoms with Crippen LogP contribution in [0.1, 0.15) is 5.56 Å². The Bertz CT molecular complexity index is 404. The first-order valence-corrected chi connectivity index (χ1v) is 5.35. The van der Waals surface area contributed by atoms with E-state index in [2.05, 4.69) is 31.9 Å². The predicted molar refractivity (Wildman–Crippen MR) is 60.5 cm³/mol. The highest BCUT2D eigenvalue weighted by atomic mass is 79.9. The van der Waals surface area contributed by atoms with Crippen LogP contribution in [0.15, 0.2) is 25.9 Å². The molecule has 0 saturated carbocycles. The van der Waals surface area contributed by atoms with Crippen molar-refractivity contribution >= 4 is 31.9 Å². The normalized spacial score (nSPS) is 10.2. The molecule has 76 valence electrons. The Morgan fingerprint density at radius 2 is 1.93 bits per heavy atom. The fraction of sp³-hybridized carbons (Fsp3) is 0.222. The van der Waals surface area contributed by atoms with Crippen LogP contribution in [0.3, 0.4) is 0 Å². The lowest BCUT2D eigenvalue weighted by molar-refractivity contribution is 0.185. The fourth-order valence-corrected chi connectivity index (χ4v) is 1.93. The molecule has 0 spiro atoms. The van der Waals surface area contributed by atoms with Crippen LogP contribution in [0.4, 0.5) is 0 Å². The molecule has 0 heterocycles. The minimum Gasteiger partial charge on any atom is -0.503 e. The Labute approximate surface area is 98.0 Å². The van der Waals surface area contributed by atoms with Crippen molar-refractivity contribution in [2.24, 2.45) is 0 Å². The molecule has 1 aromatic carbocycles. The Kier molecular flexibility index (Phi) is 4.10. The third-order valence-electron chi connectivity index (χ3n) is 1.59. The van der Waals surface area contributed by atoms with Gasteiger partial charge < -0.3 is 9.84 Å². The van der Waals surface area contributed by atoms with Crippen molar-refractivity contribution in [1.82, 2.24) is 0 Å². The molecule has 0 radical (unpaired) electrons.